The minimum atomic E-state index is -0.554. The first-order valence-electron chi connectivity index (χ1n) is 6.45. The molecule has 0 fully saturated rings. The Morgan fingerprint density at radius 1 is 1.43 bits per heavy atom. The third-order valence-corrected chi connectivity index (χ3v) is 3.99. The molecule has 0 aliphatic rings. The second-order valence-corrected chi connectivity index (χ2v) is 5.74. The quantitative estimate of drug-likeness (QED) is 0.831. The van der Waals surface area contributed by atoms with E-state index in [0.717, 1.165) is 5.01 Å². The van der Waals surface area contributed by atoms with Crippen molar-refractivity contribution in [3.8, 4) is 5.75 Å². The fourth-order valence-electron chi connectivity index (χ4n) is 1.64. The summed E-state index contributed by atoms with van der Waals surface area (Å²) in [4.78, 5) is 12.0. The highest BCUT2D eigenvalue weighted by molar-refractivity contribution is 7.15. The number of hydrogen-bond donors (Lipinski definition) is 1. The van der Waals surface area contributed by atoms with Gasteiger partial charge in [-0.25, -0.2) is 4.39 Å². The number of carbonyl (C=O) groups is 1. The van der Waals surface area contributed by atoms with Crippen molar-refractivity contribution in [1.29, 1.82) is 0 Å². The highest BCUT2D eigenvalue weighted by Gasteiger charge is 2.12. The van der Waals surface area contributed by atoms with Crippen molar-refractivity contribution in [3.05, 3.63) is 34.6 Å². The van der Waals surface area contributed by atoms with E-state index in [-0.39, 0.29) is 23.6 Å². The molecule has 2 rings (SSSR count). The number of nitrogens with zero attached hydrogens (tertiary/aromatic N) is 2. The molecule has 1 N–H and O–H groups in total. The fraction of sp³-hybridized carbons (Fsp3) is 0.357. The molecule has 0 aliphatic carbocycles. The van der Waals surface area contributed by atoms with Crippen LogP contribution < -0.4 is 10.1 Å². The average Bonchev–Trinajstić information content (AvgIpc) is 2.93. The van der Waals surface area contributed by atoms with Crippen LogP contribution in [0, 0.1) is 5.82 Å². The lowest BCUT2D eigenvalue weighted by Gasteiger charge is -2.05. The van der Waals surface area contributed by atoms with Crippen LogP contribution in [0.15, 0.2) is 18.2 Å². The number of ether oxygens (including phenoxy) is 1. The topological polar surface area (TPSA) is 64.1 Å². The Morgan fingerprint density at radius 2 is 2.19 bits per heavy atom. The summed E-state index contributed by atoms with van der Waals surface area (Å²) in [6, 6.07) is 4.14. The fourth-order valence-corrected chi connectivity index (χ4v) is 2.38. The Balaban J connectivity index is 1.99. The summed E-state index contributed by atoms with van der Waals surface area (Å²) >= 11 is 1.41. The molecular formula is C14H16FN3O2S. The van der Waals surface area contributed by atoms with E-state index in [1.54, 1.807) is 0 Å². The molecule has 0 amide bonds. The van der Waals surface area contributed by atoms with Gasteiger partial charge in [-0.05, 0) is 18.2 Å². The normalized spacial score (nSPS) is 10.7. The van der Waals surface area contributed by atoms with E-state index in [1.807, 2.05) is 13.8 Å². The number of anilines is 1. The van der Waals surface area contributed by atoms with Gasteiger partial charge < -0.3 is 10.1 Å². The molecule has 2 aromatic rings. The number of halogens is 1. The highest BCUT2D eigenvalue weighted by atomic mass is 32.1. The van der Waals surface area contributed by atoms with Gasteiger partial charge in [0.2, 0.25) is 5.13 Å². The summed E-state index contributed by atoms with van der Waals surface area (Å²) < 4.78 is 18.4. The van der Waals surface area contributed by atoms with Crippen LogP contribution >= 0.6 is 11.3 Å². The van der Waals surface area contributed by atoms with Gasteiger partial charge in [-0.1, -0.05) is 25.2 Å². The molecule has 0 radical (unpaired) electrons. The molecule has 5 nitrogen and oxygen atoms in total. The standard InChI is InChI=1S/C14H16FN3O2S/c1-8(2)13-17-18-14(21-13)16-7-11(19)9-4-5-12(20-3)10(15)6-9/h4-6,8H,7H2,1-3H3,(H,16,18). The van der Waals surface area contributed by atoms with E-state index in [1.165, 1.54) is 36.6 Å². The lowest BCUT2D eigenvalue weighted by atomic mass is 10.1. The smallest absolute Gasteiger partial charge is 0.206 e. The summed E-state index contributed by atoms with van der Waals surface area (Å²) in [5.41, 5.74) is 0.286. The molecule has 0 aliphatic heterocycles. The lowest BCUT2D eigenvalue weighted by molar-refractivity contribution is 0.101. The number of hydrogen-bond acceptors (Lipinski definition) is 6. The molecule has 1 aromatic heterocycles. The zero-order valence-corrected chi connectivity index (χ0v) is 12.8. The summed E-state index contributed by atoms with van der Waals surface area (Å²) in [6.45, 7) is 4.09. The van der Waals surface area contributed by atoms with Gasteiger partial charge >= 0.3 is 0 Å². The molecule has 112 valence electrons. The third-order valence-electron chi connectivity index (χ3n) is 2.81. The molecule has 1 heterocycles. The first-order chi connectivity index (χ1) is 10.0. The van der Waals surface area contributed by atoms with Crippen LogP contribution in [0.2, 0.25) is 0 Å². The Labute approximate surface area is 126 Å². The van der Waals surface area contributed by atoms with Gasteiger partial charge in [0, 0.05) is 11.5 Å². The maximum absolute atomic E-state index is 13.5. The van der Waals surface area contributed by atoms with Crippen LogP contribution in [0.5, 0.6) is 5.75 Å². The zero-order valence-electron chi connectivity index (χ0n) is 12.0. The molecular weight excluding hydrogens is 293 g/mol. The molecule has 0 spiro atoms. The minimum absolute atomic E-state index is 0.0402. The number of nitrogens with one attached hydrogen (secondary N) is 1. The number of rotatable bonds is 6. The van der Waals surface area contributed by atoms with E-state index in [4.69, 9.17) is 4.74 Å². The van der Waals surface area contributed by atoms with Crippen molar-refractivity contribution in [2.75, 3.05) is 19.0 Å². The first kappa shape index (κ1) is 15.4. The van der Waals surface area contributed by atoms with Crippen LogP contribution in [-0.2, 0) is 0 Å². The summed E-state index contributed by atoms with van der Waals surface area (Å²) in [7, 11) is 1.38. The summed E-state index contributed by atoms with van der Waals surface area (Å²) in [5.74, 6) is -0.367. The highest BCUT2D eigenvalue weighted by Crippen LogP contribution is 2.22. The maximum atomic E-state index is 13.5. The van der Waals surface area contributed by atoms with E-state index < -0.39 is 5.82 Å². The second-order valence-electron chi connectivity index (χ2n) is 4.73. The van der Waals surface area contributed by atoms with Gasteiger partial charge in [0.15, 0.2) is 17.3 Å². The van der Waals surface area contributed by atoms with Crippen molar-refractivity contribution in [2.45, 2.75) is 19.8 Å². The Kier molecular flexibility index (Phi) is 4.85. The van der Waals surface area contributed by atoms with Crippen LogP contribution in [0.25, 0.3) is 0 Å². The van der Waals surface area contributed by atoms with Crippen LogP contribution in [0.3, 0.4) is 0 Å². The van der Waals surface area contributed by atoms with Gasteiger partial charge in [-0.3, -0.25) is 4.79 Å². The van der Waals surface area contributed by atoms with Crippen molar-refractivity contribution < 1.29 is 13.9 Å². The van der Waals surface area contributed by atoms with Crippen molar-refractivity contribution in [2.24, 2.45) is 0 Å². The van der Waals surface area contributed by atoms with Crippen LogP contribution in [-0.4, -0.2) is 29.6 Å². The van der Waals surface area contributed by atoms with Gasteiger partial charge in [0.05, 0.1) is 13.7 Å². The molecule has 7 heteroatoms. The lowest BCUT2D eigenvalue weighted by Crippen LogP contribution is -2.14. The van der Waals surface area contributed by atoms with Gasteiger partial charge in [-0.15, -0.1) is 10.2 Å². The molecule has 0 saturated heterocycles. The number of carbonyl (C=O) groups excluding carboxylic acids is 1. The van der Waals surface area contributed by atoms with Gasteiger partial charge in [0.25, 0.3) is 0 Å². The van der Waals surface area contributed by atoms with E-state index in [0.29, 0.717) is 11.0 Å². The summed E-state index contributed by atoms with van der Waals surface area (Å²) in [5, 5.41) is 12.4. The van der Waals surface area contributed by atoms with E-state index in [9.17, 15) is 9.18 Å². The summed E-state index contributed by atoms with van der Waals surface area (Å²) in [6.07, 6.45) is 0. The monoisotopic (exact) mass is 309 g/mol. The molecule has 21 heavy (non-hydrogen) atoms. The number of methoxy groups -OCH3 is 1. The predicted molar refractivity (Wildman–Crippen MR) is 79.8 cm³/mol. The van der Waals surface area contributed by atoms with Gasteiger partial charge in [-0.2, -0.15) is 0 Å². The predicted octanol–water partition coefficient (Wildman–Crippen LogP) is 3.10. The van der Waals surface area contributed by atoms with Crippen LogP contribution in [0.4, 0.5) is 9.52 Å². The number of Topliss-reactive ketones (excluding diaryl/α,β-unsaturated/α-hetero) is 1. The first-order valence-corrected chi connectivity index (χ1v) is 7.27. The minimum Gasteiger partial charge on any atom is -0.494 e. The van der Waals surface area contributed by atoms with Crippen LogP contribution in [0.1, 0.15) is 35.1 Å². The van der Waals surface area contributed by atoms with Crippen molar-refractivity contribution >= 4 is 22.3 Å². The largest absolute Gasteiger partial charge is 0.494 e. The molecule has 0 unspecified atom stereocenters. The number of aromatic nitrogens is 2. The van der Waals surface area contributed by atoms with E-state index >= 15 is 0 Å². The Hall–Kier alpha value is -2.02. The maximum Gasteiger partial charge on any atom is 0.206 e. The average molecular weight is 309 g/mol. The SMILES string of the molecule is COc1ccc(C(=O)CNc2nnc(C(C)C)s2)cc1F. The second kappa shape index (κ2) is 6.62. The Morgan fingerprint density at radius 3 is 2.76 bits per heavy atom. The third kappa shape index (κ3) is 3.75. The van der Waals surface area contributed by atoms with Gasteiger partial charge in [0.1, 0.15) is 5.01 Å². The molecule has 0 bridgehead atoms. The zero-order chi connectivity index (χ0) is 15.4. The number of ketones is 1. The number of benzene rings is 1. The van der Waals surface area contributed by atoms with Crippen molar-refractivity contribution in [3.63, 3.8) is 0 Å². The molecule has 0 atom stereocenters. The Bertz CT molecular complexity index is 643. The molecule has 1 aromatic carbocycles. The van der Waals surface area contributed by atoms with Crippen molar-refractivity contribution in [1.82, 2.24) is 10.2 Å². The van der Waals surface area contributed by atoms with E-state index in [2.05, 4.69) is 15.5 Å². The molecule has 0 saturated carbocycles.